The molecule has 0 bridgehead atoms. The zero-order valence-corrected chi connectivity index (χ0v) is 80.6. The van der Waals surface area contributed by atoms with Crippen molar-refractivity contribution in [2.75, 3.05) is 0 Å². The van der Waals surface area contributed by atoms with Crippen molar-refractivity contribution in [2.45, 2.75) is 264 Å². The summed E-state index contributed by atoms with van der Waals surface area (Å²) in [6.45, 7) is 64.7. The maximum absolute atomic E-state index is 13.1. The minimum Gasteiger partial charge on any atom is -0.299 e. The molecule has 0 saturated heterocycles. The number of rotatable bonds is 11. The molecular weight excluding hydrogens is 1570 g/mol. The number of halogens is 5. The first kappa shape index (κ1) is 104. The normalized spacial score (nSPS) is 11.8. The monoisotopic (exact) mass is 1710 g/mol. The minimum absolute atomic E-state index is 0.0422. The average molecular weight is 1710 g/mol. The molecule has 0 aliphatic rings. The van der Waals surface area contributed by atoms with Gasteiger partial charge in [-0.1, -0.05) is 298 Å². The summed E-state index contributed by atoms with van der Waals surface area (Å²) in [7, 11) is 0. The Balaban J connectivity index is 0.000000291. The predicted molar refractivity (Wildman–Crippen MR) is 501 cm³/mol. The van der Waals surface area contributed by atoms with E-state index in [0.717, 1.165) is 64.2 Å². The maximum Gasteiger partial charge on any atom is 0.416 e. The average Bonchev–Trinajstić information content (AvgIpc) is 1.33. The second-order valence-corrected chi connectivity index (χ2v) is 42.7. The maximum atomic E-state index is 13.1. The van der Waals surface area contributed by atoms with Crippen LogP contribution in [0.25, 0.3) is 33.8 Å². The van der Waals surface area contributed by atoms with Gasteiger partial charge in [-0.25, -0.2) is 33.7 Å². The molecule has 0 saturated carbocycles. The van der Waals surface area contributed by atoms with Crippen molar-refractivity contribution < 1.29 is 41.1 Å². The number of alkyl halides is 3. The fraction of sp³-hybridized carbons (Fsp3) is 0.433. The number of hydrogen-bond donors (Lipinski definition) is 0. The molecule has 0 spiro atoms. The Morgan fingerprint density at radius 2 is 0.876 bits per heavy atom. The van der Waals surface area contributed by atoms with Crippen molar-refractivity contribution in [1.82, 2.24) is 24.9 Å². The third-order valence-electron chi connectivity index (χ3n) is 18.2. The summed E-state index contributed by atoms with van der Waals surface area (Å²) in [5.74, 6) is 0.661. The molecule has 11 rings (SSSR count). The minimum atomic E-state index is -4.24. The molecule has 7 aromatic carbocycles. The van der Waals surface area contributed by atoms with Crippen LogP contribution in [0.1, 0.15) is 268 Å². The molecule has 17 heteroatoms. The summed E-state index contributed by atoms with van der Waals surface area (Å²) in [6, 6.07) is 49.5. The number of aromatic nitrogens is 5. The smallest absolute Gasteiger partial charge is 0.299 e. The number of benzene rings is 7. The van der Waals surface area contributed by atoms with Crippen LogP contribution in [0.2, 0.25) is 0 Å². The Bertz CT molecular complexity index is 5130. The van der Waals surface area contributed by atoms with Crippen LogP contribution in [0.5, 0.6) is 0 Å². The Labute approximate surface area is 733 Å². The van der Waals surface area contributed by atoms with E-state index in [2.05, 4.69) is 191 Å². The molecule has 0 amide bonds. The highest BCUT2D eigenvalue weighted by Gasteiger charge is 2.31. The number of nitrogens with zero attached hydrogens (tertiary/aromatic N) is 5. The lowest BCUT2D eigenvalue weighted by atomic mass is 9.85. The largest absolute Gasteiger partial charge is 0.416 e. The van der Waals surface area contributed by atoms with Crippen molar-refractivity contribution in [3.8, 4) is 33.8 Å². The number of hydrogen-bond acceptors (Lipinski definition) is 12. The molecule has 0 unspecified atom stereocenters. The highest BCUT2D eigenvalue weighted by Crippen LogP contribution is 2.35. The summed E-state index contributed by atoms with van der Waals surface area (Å²) in [6.07, 6.45) is 0.182. The standard InChI is InChI=1S/C16H18N2O.2C14H17NS.C13H17FO.C13H18O.C12H15F3.C12H15FO.C10H17NS/c1-11-17-10-13(15(19)16(2,3)4)14(18-11)12-8-6-5-7-9-12;1-10-5-7-11(8-6-10)12-9-16-13(15-12)14(2,3)4;1-10-6-5-7-11(8-10)12-9-16-13(15-12)14(2,3)4;1-9-5-10(7-11(14)6-9)8-12(15)13(2,3)4;1-10-6-5-7-11(8-10)9-12(14)13(2,3)4;1-11(2,3)8-9-4-6-10(7-5-9)12(13,14)15;1-8-7-9(5-6-10(8)13)11(14)12(2,3)4;1-7-9(6-10(3,4)5)12-8(2)11-7/h5-10H,1-4H3;2*5-9H,1-4H3;5-7H,8H2,1-4H3;5-8H,9H2,1-4H3;4-7H,8H2,1-3H3;5-7H,1-4H3;6H2,1-5H3. The quantitative estimate of drug-likeness (QED) is 0.0917. The summed E-state index contributed by atoms with van der Waals surface area (Å²) < 4.78 is 62.8. The molecule has 4 heterocycles. The van der Waals surface area contributed by atoms with E-state index in [1.807, 2.05) is 170 Å². The lowest BCUT2D eigenvalue weighted by molar-refractivity contribution is -0.137. The van der Waals surface area contributed by atoms with E-state index in [0.29, 0.717) is 52.2 Å². The zero-order chi connectivity index (χ0) is 91.9. The van der Waals surface area contributed by atoms with Crippen LogP contribution in [0, 0.1) is 99.5 Å². The Kier molecular flexibility index (Phi) is 38.1. The molecule has 652 valence electrons. The van der Waals surface area contributed by atoms with Gasteiger partial charge in [0.05, 0.1) is 48.9 Å². The van der Waals surface area contributed by atoms with Crippen molar-refractivity contribution in [3.05, 3.63) is 285 Å². The first-order valence-corrected chi connectivity index (χ1v) is 43.8. The topological polar surface area (TPSA) is 133 Å². The van der Waals surface area contributed by atoms with Gasteiger partial charge >= 0.3 is 6.18 Å². The van der Waals surface area contributed by atoms with Gasteiger partial charge in [-0.05, 0) is 155 Å². The molecule has 0 fully saturated rings. The van der Waals surface area contributed by atoms with Crippen molar-refractivity contribution in [2.24, 2.45) is 32.5 Å². The molecule has 121 heavy (non-hydrogen) atoms. The molecule has 0 N–H and O–H groups in total. The number of Topliss-reactive ketones (excluding diaryl/α,β-unsaturated/α-hetero) is 4. The van der Waals surface area contributed by atoms with Crippen molar-refractivity contribution >= 4 is 57.1 Å². The van der Waals surface area contributed by atoms with Gasteiger partial charge in [0.2, 0.25) is 0 Å². The van der Waals surface area contributed by atoms with E-state index >= 15 is 0 Å². The third-order valence-corrected chi connectivity index (χ3v) is 21.8. The molecule has 9 nitrogen and oxygen atoms in total. The van der Waals surface area contributed by atoms with Crippen LogP contribution in [-0.2, 0) is 52.3 Å². The molecular formula is C104H134F5N5O4S3. The van der Waals surface area contributed by atoms with Crippen LogP contribution >= 0.6 is 34.0 Å². The lowest BCUT2D eigenvalue weighted by Gasteiger charge is -2.18. The summed E-state index contributed by atoms with van der Waals surface area (Å²) in [4.78, 5) is 71.7. The number of carbonyl (C=O) groups is 4. The highest BCUT2D eigenvalue weighted by molar-refractivity contribution is 7.11. The summed E-state index contributed by atoms with van der Waals surface area (Å²) >= 11 is 5.32. The Hall–Kier alpha value is -9.16. The van der Waals surface area contributed by atoms with Gasteiger partial charge in [-0.3, -0.25) is 19.2 Å². The Morgan fingerprint density at radius 3 is 1.31 bits per heavy atom. The molecule has 0 radical (unpaired) electrons. The predicted octanol–water partition coefficient (Wildman–Crippen LogP) is 30.0. The van der Waals surface area contributed by atoms with E-state index in [9.17, 15) is 41.1 Å². The second-order valence-electron chi connectivity index (χ2n) is 39.7. The molecule has 11 aromatic rings. The molecule has 0 aliphatic carbocycles. The van der Waals surface area contributed by atoms with Gasteiger partial charge in [-0.15, -0.1) is 34.0 Å². The van der Waals surface area contributed by atoms with E-state index in [-0.39, 0.29) is 56.1 Å². The van der Waals surface area contributed by atoms with E-state index in [1.54, 1.807) is 54.0 Å². The van der Waals surface area contributed by atoms with Crippen LogP contribution in [0.15, 0.2) is 181 Å². The second kappa shape index (κ2) is 44.3. The first-order chi connectivity index (χ1) is 55.4. The van der Waals surface area contributed by atoms with Gasteiger partial charge in [-0.2, -0.15) is 13.2 Å². The van der Waals surface area contributed by atoms with E-state index < -0.39 is 22.6 Å². The number of aryl methyl sites for hydroxylation is 8. The summed E-state index contributed by atoms with van der Waals surface area (Å²) in [5, 5.41) is 7.87. The number of thiazole rings is 3. The third kappa shape index (κ3) is 37.6. The SMILES string of the molecule is CC(C)(C)Cc1ccc(C(F)(F)F)cc1.Cc1cc(C(=O)C(C)(C)C)ccc1F.Cc1cc(F)cc(CC(=O)C(C)(C)C)c1.Cc1ccc(-c2csc(C(C)(C)C)n2)cc1.Cc1cccc(-c2csc(C(C)(C)C)n2)c1.Cc1cccc(CC(=O)C(C)(C)C)c1.Cc1nc(C)c(CC(C)(C)C)s1.Cc1ncc(C(=O)C(C)(C)C)c(-c2ccccc2)n1. The van der Waals surface area contributed by atoms with Crippen molar-refractivity contribution in [1.29, 1.82) is 0 Å². The van der Waals surface area contributed by atoms with Crippen LogP contribution in [0.4, 0.5) is 22.0 Å². The number of carbonyl (C=O) groups excluding carboxylic acids is 4. The van der Waals surface area contributed by atoms with Gasteiger partial charge in [0.15, 0.2) is 11.6 Å². The van der Waals surface area contributed by atoms with E-state index in [4.69, 9.17) is 9.97 Å². The zero-order valence-electron chi connectivity index (χ0n) is 78.1. The molecule has 0 atom stereocenters. The van der Waals surface area contributed by atoms with E-state index in [1.165, 1.54) is 77.7 Å². The van der Waals surface area contributed by atoms with Crippen LogP contribution in [0.3, 0.4) is 0 Å². The van der Waals surface area contributed by atoms with Gasteiger partial charge in [0.25, 0.3) is 0 Å². The van der Waals surface area contributed by atoms with Crippen LogP contribution < -0.4 is 0 Å². The molecule has 0 aliphatic heterocycles. The van der Waals surface area contributed by atoms with Crippen molar-refractivity contribution in [3.63, 3.8) is 0 Å². The van der Waals surface area contributed by atoms with Gasteiger partial charge in [0.1, 0.15) is 29.0 Å². The molecule has 4 aromatic heterocycles. The fourth-order valence-corrected chi connectivity index (χ4v) is 14.5. The first-order valence-electron chi connectivity index (χ1n) is 41.2. The lowest BCUT2D eigenvalue weighted by Crippen LogP contribution is -2.22. The fourth-order valence-electron chi connectivity index (χ4n) is 11.4. The van der Waals surface area contributed by atoms with Gasteiger partial charge < -0.3 is 0 Å². The highest BCUT2D eigenvalue weighted by atomic mass is 32.1. The number of ketones is 4. The van der Waals surface area contributed by atoms with Crippen LogP contribution in [-0.4, -0.2) is 48.1 Å². The van der Waals surface area contributed by atoms with Gasteiger partial charge in [0, 0.05) is 89.4 Å². The summed E-state index contributed by atoms with van der Waals surface area (Å²) in [5.41, 5.74) is 15.3. The Morgan fingerprint density at radius 1 is 0.397 bits per heavy atom.